The van der Waals surface area contributed by atoms with Gasteiger partial charge in [0.05, 0.1) is 6.10 Å². The van der Waals surface area contributed by atoms with Gasteiger partial charge in [0.1, 0.15) is 0 Å². The first-order valence-electron chi connectivity index (χ1n) is 8.17. The number of carbonyl (C=O) groups excluding carboxylic acids is 1. The highest BCUT2D eigenvalue weighted by Crippen LogP contribution is 2.15. The lowest BCUT2D eigenvalue weighted by Gasteiger charge is -2.32. The van der Waals surface area contributed by atoms with E-state index in [9.17, 15) is 4.79 Å². The number of hydrogen-bond acceptors (Lipinski definition) is 2. The van der Waals surface area contributed by atoms with E-state index in [2.05, 4.69) is 6.92 Å². The number of nitrogens with zero attached hydrogens (tertiary/aromatic N) is 1. The zero-order valence-corrected chi connectivity index (χ0v) is 12.8. The maximum atomic E-state index is 12.1. The van der Waals surface area contributed by atoms with Crippen LogP contribution in [0.3, 0.4) is 0 Å². The van der Waals surface area contributed by atoms with Gasteiger partial charge >= 0.3 is 0 Å². The molecule has 0 bridgehead atoms. The van der Waals surface area contributed by atoms with Crippen LogP contribution < -0.4 is 0 Å². The number of ether oxygens (including phenoxy) is 1. The van der Waals surface area contributed by atoms with Gasteiger partial charge in [-0.15, -0.1) is 0 Å². The summed E-state index contributed by atoms with van der Waals surface area (Å²) < 4.78 is 5.64. The number of amides is 1. The van der Waals surface area contributed by atoms with E-state index < -0.39 is 0 Å². The third-order valence-corrected chi connectivity index (χ3v) is 3.88. The number of likely N-dealkylation sites (tertiary alicyclic amines) is 1. The van der Waals surface area contributed by atoms with Crippen LogP contribution in [0, 0.1) is 0 Å². The first kappa shape index (κ1) is 16.5. The average molecular weight is 269 g/mol. The lowest BCUT2D eigenvalue weighted by Crippen LogP contribution is -2.43. The first-order valence-corrected chi connectivity index (χ1v) is 8.17. The smallest absolute Gasteiger partial charge is 0.222 e. The van der Waals surface area contributed by atoms with Crippen molar-refractivity contribution in [1.82, 2.24) is 4.90 Å². The summed E-state index contributed by atoms with van der Waals surface area (Å²) in [7, 11) is 0. The highest BCUT2D eigenvalue weighted by Gasteiger charge is 2.23. The van der Waals surface area contributed by atoms with Gasteiger partial charge in [-0.25, -0.2) is 0 Å². The Labute approximate surface area is 118 Å². The largest absolute Gasteiger partial charge is 0.377 e. The van der Waals surface area contributed by atoms with Crippen LogP contribution in [0.5, 0.6) is 0 Å². The summed E-state index contributed by atoms with van der Waals surface area (Å²) >= 11 is 0. The van der Waals surface area contributed by atoms with Crippen molar-refractivity contribution in [2.75, 3.05) is 19.7 Å². The number of hydrogen-bond donors (Lipinski definition) is 0. The van der Waals surface area contributed by atoms with Gasteiger partial charge in [-0.05, 0) is 26.2 Å². The van der Waals surface area contributed by atoms with Crippen molar-refractivity contribution in [2.24, 2.45) is 0 Å². The predicted molar refractivity (Wildman–Crippen MR) is 79.2 cm³/mol. The van der Waals surface area contributed by atoms with Crippen LogP contribution >= 0.6 is 0 Å². The van der Waals surface area contributed by atoms with Gasteiger partial charge in [0.25, 0.3) is 0 Å². The van der Waals surface area contributed by atoms with Gasteiger partial charge in [-0.3, -0.25) is 4.79 Å². The number of carbonyl (C=O) groups is 1. The fraction of sp³-hybridized carbons (Fsp3) is 0.938. The Kier molecular flexibility index (Phi) is 8.89. The summed E-state index contributed by atoms with van der Waals surface area (Å²) in [5.74, 6) is 0.333. The molecule has 1 aliphatic rings. The molecule has 0 aliphatic carbocycles. The fourth-order valence-electron chi connectivity index (χ4n) is 2.75. The molecular formula is C16H31NO2. The quantitative estimate of drug-likeness (QED) is 0.596. The molecule has 1 rings (SSSR count). The minimum absolute atomic E-state index is 0.271. The molecule has 1 atom stereocenters. The molecule has 0 radical (unpaired) electrons. The van der Waals surface area contributed by atoms with Gasteiger partial charge in [-0.1, -0.05) is 39.0 Å². The Morgan fingerprint density at radius 1 is 1.16 bits per heavy atom. The normalized spacial score (nSPS) is 19.7. The van der Waals surface area contributed by atoms with E-state index in [1.807, 2.05) is 11.8 Å². The summed E-state index contributed by atoms with van der Waals surface area (Å²) in [6.07, 6.45) is 10.7. The van der Waals surface area contributed by atoms with Gasteiger partial charge in [0.2, 0.25) is 5.91 Å². The molecule has 1 unspecified atom stereocenters. The zero-order chi connectivity index (χ0) is 13.9. The lowest BCUT2D eigenvalue weighted by molar-refractivity contribution is -0.135. The SMILES string of the molecule is CCCCCCCCC(=O)N1CCCC(OCC)C1. The maximum absolute atomic E-state index is 12.1. The molecule has 3 nitrogen and oxygen atoms in total. The first-order chi connectivity index (χ1) is 9.27. The Bertz CT molecular complexity index is 241. The van der Waals surface area contributed by atoms with E-state index >= 15 is 0 Å². The molecule has 1 aliphatic heterocycles. The summed E-state index contributed by atoms with van der Waals surface area (Å²) in [6.45, 7) is 6.75. The van der Waals surface area contributed by atoms with Gasteiger partial charge < -0.3 is 9.64 Å². The van der Waals surface area contributed by atoms with Crippen LogP contribution in [0.25, 0.3) is 0 Å². The second-order valence-electron chi connectivity index (χ2n) is 5.58. The van der Waals surface area contributed by atoms with Crippen LogP contribution in [-0.4, -0.2) is 36.6 Å². The van der Waals surface area contributed by atoms with Gasteiger partial charge in [0.15, 0.2) is 0 Å². The molecule has 0 aromatic heterocycles. The summed E-state index contributed by atoms with van der Waals surface area (Å²) in [5, 5.41) is 0. The molecule has 1 saturated heterocycles. The number of piperidine rings is 1. The third kappa shape index (κ3) is 6.95. The highest BCUT2D eigenvalue weighted by atomic mass is 16.5. The Hall–Kier alpha value is -0.570. The monoisotopic (exact) mass is 269 g/mol. The van der Waals surface area contributed by atoms with Crippen molar-refractivity contribution in [3.63, 3.8) is 0 Å². The van der Waals surface area contributed by atoms with Crippen LogP contribution in [0.2, 0.25) is 0 Å². The minimum atomic E-state index is 0.271. The van der Waals surface area contributed by atoms with E-state index in [1.54, 1.807) is 0 Å². The predicted octanol–water partition coefficient (Wildman–Crippen LogP) is 3.76. The van der Waals surface area contributed by atoms with Crippen molar-refractivity contribution in [1.29, 1.82) is 0 Å². The van der Waals surface area contributed by atoms with Gasteiger partial charge in [-0.2, -0.15) is 0 Å². The van der Waals surface area contributed by atoms with E-state index in [4.69, 9.17) is 4.74 Å². The number of rotatable bonds is 9. The van der Waals surface area contributed by atoms with Crippen LogP contribution in [-0.2, 0) is 9.53 Å². The van der Waals surface area contributed by atoms with Crippen LogP contribution in [0.1, 0.15) is 71.6 Å². The molecule has 0 spiro atoms. The lowest BCUT2D eigenvalue weighted by atomic mass is 10.1. The molecule has 0 aromatic carbocycles. The van der Waals surface area contributed by atoms with Crippen molar-refractivity contribution in [2.45, 2.75) is 77.7 Å². The zero-order valence-electron chi connectivity index (χ0n) is 12.8. The topological polar surface area (TPSA) is 29.5 Å². The fourth-order valence-corrected chi connectivity index (χ4v) is 2.75. The van der Waals surface area contributed by atoms with Crippen LogP contribution in [0.15, 0.2) is 0 Å². The van der Waals surface area contributed by atoms with Crippen molar-refractivity contribution >= 4 is 5.91 Å². The second kappa shape index (κ2) is 10.2. The summed E-state index contributed by atoms with van der Waals surface area (Å²) in [6, 6.07) is 0. The van der Waals surface area contributed by atoms with E-state index in [-0.39, 0.29) is 6.10 Å². The number of unbranched alkanes of at least 4 members (excludes halogenated alkanes) is 5. The van der Waals surface area contributed by atoms with Gasteiger partial charge in [0, 0.05) is 26.1 Å². The van der Waals surface area contributed by atoms with E-state index in [0.717, 1.165) is 45.4 Å². The van der Waals surface area contributed by atoms with E-state index in [1.165, 1.54) is 32.1 Å². The van der Waals surface area contributed by atoms with Crippen LogP contribution in [0.4, 0.5) is 0 Å². The molecule has 3 heteroatoms. The molecule has 112 valence electrons. The molecule has 1 amide bonds. The Morgan fingerprint density at radius 3 is 2.63 bits per heavy atom. The minimum Gasteiger partial charge on any atom is -0.377 e. The molecule has 1 heterocycles. The average Bonchev–Trinajstić information content (AvgIpc) is 2.43. The Balaban J connectivity index is 2.11. The third-order valence-electron chi connectivity index (χ3n) is 3.88. The maximum Gasteiger partial charge on any atom is 0.222 e. The van der Waals surface area contributed by atoms with Crippen molar-refractivity contribution in [3.05, 3.63) is 0 Å². The summed E-state index contributed by atoms with van der Waals surface area (Å²) in [5.41, 5.74) is 0. The molecule has 0 saturated carbocycles. The highest BCUT2D eigenvalue weighted by molar-refractivity contribution is 5.76. The molecule has 0 aromatic rings. The molecular weight excluding hydrogens is 238 g/mol. The standard InChI is InChI=1S/C16H31NO2/c1-3-5-6-7-8-9-12-16(18)17-13-10-11-15(14-17)19-4-2/h15H,3-14H2,1-2H3. The van der Waals surface area contributed by atoms with E-state index in [0.29, 0.717) is 5.91 Å². The Morgan fingerprint density at radius 2 is 1.89 bits per heavy atom. The molecule has 1 fully saturated rings. The molecule has 19 heavy (non-hydrogen) atoms. The summed E-state index contributed by atoms with van der Waals surface area (Å²) in [4.78, 5) is 14.1. The second-order valence-corrected chi connectivity index (χ2v) is 5.58. The van der Waals surface area contributed by atoms with Crippen molar-refractivity contribution in [3.8, 4) is 0 Å². The molecule has 0 N–H and O–H groups in total. The van der Waals surface area contributed by atoms with Crippen molar-refractivity contribution < 1.29 is 9.53 Å².